The first-order valence-electron chi connectivity index (χ1n) is 11.3. The van der Waals surface area contributed by atoms with Gasteiger partial charge in [0.05, 0.1) is 34.3 Å². The lowest BCUT2D eigenvalue weighted by Crippen LogP contribution is -2.25. The highest BCUT2D eigenvalue weighted by Gasteiger charge is 2.23. The normalized spacial score (nSPS) is 15.5. The van der Waals surface area contributed by atoms with Crippen LogP contribution in [0.25, 0.3) is 10.9 Å². The van der Waals surface area contributed by atoms with Gasteiger partial charge in [-0.05, 0) is 55.7 Å². The number of fused-ring (bicyclic) bond motifs is 1. The van der Waals surface area contributed by atoms with Gasteiger partial charge in [-0.1, -0.05) is 58.4 Å². The lowest BCUT2D eigenvalue weighted by Gasteiger charge is -2.22. The quantitative estimate of drug-likeness (QED) is 0.251. The number of halogens is 3. The van der Waals surface area contributed by atoms with Gasteiger partial charge in [-0.3, -0.25) is 4.79 Å². The van der Waals surface area contributed by atoms with E-state index in [0.29, 0.717) is 22.3 Å². The summed E-state index contributed by atoms with van der Waals surface area (Å²) in [5, 5.41) is 5.40. The van der Waals surface area contributed by atoms with E-state index in [1.165, 1.54) is 31.3 Å². The second-order valence-electron chi connectivity index (χ2n) is 8.42. The van der Waals surface area contributed by atoms with Crippen molar-refractivity contribution in [1.82, 2.24) is 9.66 Å². The summed E-state index contributed by atoms with van der Waals surface area (Å²) in [4.78, 5) is 29.9. The number of benzene rings is 2. The van der Waals surface area contributed by atoms with Crippen molar-refractivity contribution in [3.05, 3.63) is 66.6 Å². The highest BCUT2D eigenvalue weighted by Crippen LogP contribution is 2.35. The van der Waals surface area contributed by atoms with Gasteiger partial charge < -0.3 is 9.47 Å². The molecule has 2 aromatic carbocycles. The van der Waals surface area contributed by atoms with Crippen molar-refractivity contribution in [2.75, 3.05) is 7.11 Å². The van der Waals surface area contributed by atoms with Crippen LogP contribution in [0.2, 0.25) is 10.0 Å². The second kappa shape index (κ2) is 11.1. The third-order valence-electron chi connectivity index (χ3n) is 5.97. The van der Waals surface area contributed by atoms with E-state index < -0.39 is 12.1 Å². The van der Waals surface area contributed by atoms with Crippen LogP contribution in [0.4, 0.5) is 0 Å². The molecule has 3 aromatic rings. The topological polar surface area (TPSA) is 82.8 Å². The molecule has 4 rings (SSSR count). The number of ether oxygens (including phenoxy) is 2. The second-order valence-corrected chi connectivity index (χ2v) is 10.2. The molecule has 1 aliphatic rings. The first kappa shape index (κ1) is 25.7. The molecular formula is C25H24BrCl2N3O4. The molecule has 35 heavy (non-hydrogen) atoms. The highest BCUT2D eigenvalue weighted by molar-refractivity contribution is 9.10. The van der Waals surface area contributed by atoms with E-state index in [2.05, 4.69) is 25.8 Å². The molecule has 0 amide bonds. The van der Waals surface area contributed by atoms with Crippen LogP contribution in [0, 0.1) is 0 Å². The van der Waals surface area contributed by atoms with Gasteiger partial charge in [0.15, 0.2) is 11.9 Å². The van der Waals surface area contributed by atoms with Gasteiger partial charge in [-0.2, -0.15) is 9.78 Å². The summed E-state index contributed by atoms with van der Waals surface area (Å²) in [6.45, 7) is 1.54. The smallest absolute Gasteiger partial charge is 0.346 e. The van der Waals surface area contributed by atoms with Gasteiger partial charge >= 0.3 is 5.97 Å². The van der Waals surface area contributed by atoms with Gasteiger partial charge in [-0.15, -0.1) is 0 Å². The first-order valence-corrected chi connectivity index (χ1v) is 12.8. The third-order valence-corrected chi connectivity index (χ3v) is 7.03. The zero-order valence-corrected chi connectivity index (χ0v) is 22.4. The summed E-state index contributed by atoms with van der Waals surface area (Å²) < 4.78 is 12.4. The Morgan fingerprint density at radius 2 is 1.89 bits per heavy atom. The van der Waals surface area contributed by atoms with E-state index in [1.54, 1.807) is 18.2 Å². The number of carbonyl (C=O) groups excluding carboxylic acids is 1. The molecule has 0 unspecified atom stereocenters. The number of carbonyl (C=O) groups is 1. The molecule has 184 valence electrons. The fourth-order valence-corrected chi connectivity index (χ4v) is 5.14. The maximum Gasteiger partial charge on any atom is 0.346 e. The van der Waals surface area contributed by atoms with E-state index in [9.17, 15) is 9.59 Å². The zero-order valence-electron chi connectivity index (χ0n) is 19.3. The van der Waals surface area contributed by atoms with Crippen molar-refractivity contribution in [1.29, 1.82) is 0 Å². The van der Waals surface area contributed by atoms with Crippen molar-refractivity contribution in [2.24, 2.45) is 5.10 Å². The average molecular weight is 581 g/mol. The van der Waals surface area contributed by atoms with Crippen LogP contribution < -0.4 is 10.3 Å². The minimum absolute atomic E-state index is 0.157. The monoisotopic (exact) mass is 579 g/mol. The van der Waals surface area contributed by atoms with Crippen LogP contribution >= 0.6 is 39.1 Å². The van der Waals surface area contributed by atoms with E-state index in [1.807, 2.05) is 12.1 Å². The zero-order chi connectivity index (χ0) is 25.1. The van der Waals surface area contributed by atoms with Gasteiger partial charge in [0.1, 0.15) is 5.82 Å². The fraction of sp³-hybridized carbons (Fsp3) is 0.360. The molecule has 10 heteroatoms. The minimum atomic E-state index is -0.880. The molecule has 1 saturated carbocycles. The Bertz CT molecular complexity index is 1330. The molecular weight excluding hydrogens is 557 g/mol. The van der Waals surface area contributed by atoms with E-state index >= 15 is 0 Å². The van der Waals surface area contributed by atoms with Crippen LogP contribution in [0.3, 0.4) is 0 Å². The molecule has 0 radical (unpaired) electrons. The first-order chi connectivity index (χ1) is 16.8. The SMILES string of the molecule is COC(=O)[C@@H](C)Oc1c(Cl)cc(C=Nn2c(C3CCCCC3)nc3ccc(Br)cc3c2=O)cc1Cl. The Kier molecular flexibility index (Phi) is 8.14. The summed E-state index contributed by atoms with van der Waals surface area (Å²) in [5.41, 5.74) is 0.976. The summed E-state index contributed by atoms with van der Waals surface area (Å²) in [5.74, 6) is 0.433. The van der Waals surface area contributed by atoms with Crippen LogP contribution in [0.5, 0.6) is 5.75 Å². The van der Waals surface area contributed by atoms with Crippen molar-refractivity contribution < 1.29 is 14.3 Å². The average Bonchev–Trinajstić information content (AvgIpc) is 2.85. The van der Waals surface area contributed by atoms with E-state index in [-0.39, 0.29) is 27.3 Å². The number of nitrogens with zero attached hydrogens (tertiary/aromatic N) is 3. The number of hydrogen-bond acceptors (Lipinski definition) is 6. The van der Waals surface area contributed by atoms with Crippen LogP contribution in [-0.2, 0) is 9.53 Å². The lowest BCUT2D eigenvalue weighted by atomic mass is 9.88. The molecule has 1 heterocycles. The Morgan fingerprint density at radius 3 is 2.54 bits per heavy atom. The van der Waals surface area contributed by atoms with Crippen molar-refractivity contribution in [3.8, 4) is 5.75 Å². The van der Waals surface area contributed by atoms with Crippen LogP contribution in [0.15, 0.2) is 44.7 Å². The van der Waals surface area contributed by atoms with Gasteiger partial charge in [-0.25, -0.2) is 9.78 Å². The lowest BCUT2D eigenvalue weighted by molar-refractivity contribution is -0.147. The Labute approximate surface area is 221 Å². The van der Waals surface area contributed by atoms with Gasteiger partial charge in [0, 0.05) is 10.4 Å². The number of aromatic nitrogens is 2. The molecule has 1 atom stereocenters. The summed E-state index contributed by atoms with van der Waals surface area (Å²) in [6, 6.07) is 8.68. The molecule has 0 N–H and O–H groups in total. The number of hydrogen-bond donors (Lipinski definition) is 0. The maximum atomic E-state index is 13.4. The summed E-state index contributed by atoms with van der Waals surface area (Å²) >= 11 is 16.2. The predicted molar refractivity (Wildman–Crippen MR) is 141 cm³/mol. The molecule has 1 aromatic heterocycles. The molecule has 1 aliphatic carbocycles. The predicted octanol–water partition coefficient (Wildman–Crippen LogP) is 6.34. The van der Waals surface area contributed by atoms with E-state index in [4.69, 9.17) is 32.9 Å². The van der Waals surface area contributed by atoms with Gasteiger partial charge in [0.25, 0.3) is 5.56 Å². The number of methoxy groups -OCH3 is 1. The highest BCUT2D eigenvalue weighted by atomic mass is 79.9. The Morgan fingerprint density at radius 1 is 1.20 bits per heavy atom. The molecule has 0 spiro atoms. The third kappa shape index (κ3) is 5.71. The number of esters is 1. The molecule has 0 saturated heterocycles. The molecule has 7 nitrogen and oxygen atoms in total. The Hall–Kier alpha value is -2.42. The Balaban J connectivity index is 1.73. The molecule has 0 aliphatic heterocycles. The standard InChI is InChI=1S/C25H24BrCl2N3O4/c1-14(25(33)34-2)35-22-19(27)10-15(11-20(22)28)13-29-31-23(16-6-4-3-5-7-16)30-21-9-8-17(26)12-18(21)24(31)32/h8-14,16H,3-7H2,1-2H3/t14-/m1/s1. The molecule has 1 fully saturated rings. The van der Waals surface area contributed by atoms with Crippen LogP contribution in [0.1, 0.15) is 56.3 Å². The maximum absolute atomic E-state index is 13.4. The minimum Gasteiger partial charge on any atom is -0.476 e. The summed E-state index contributed by atoms with van der Waals surface area (Å²) in [7, 11) is 1.27. The summed E-state index contributed by atoms with van der Waals surface area (Å²) in [6.07, 6.45) is 5.94. The fourth-order valence-electron chi connectivity index (χ4n) is 4.18. The number of rotatable bonds is 6. The largest absolute Gasteiger partial charge is 0.476 e. The van der Waals surface area contributed by atoms with Crippen molar-refractivity contribution in [2.45, 2.75) is 51.0 Å². The van der Waals surface area contributed by atoms with E-state index in [0.717, 1.165) is 30.2 Å². The van der Waals surface area contributed by atoms with Crippen molar-refractivity contribution in [3.63, 3.8) is 0 Å². The van der Waals surface area contributed by atoms with Crippen LogP contribution in [-0.4, -0.2) is 35.1 Å². The van der Waals surface area contributed by atoms with Gasteiger partial charge in [0.2, 0.25) is 0 Å². The molecule has 0 bridgehead atoms. The van der Waals surface area contributed by atoms with Crippen molar-refractivity contribution >= 4 is 62.2 Å².